The molecule has 0 bridgehead atoms. The first-order chi connectivity index (χ1) is 15.6. The number of aliphatic imine (C=N–C) groups is 1. The Morgan fingerprint density at radius 2 is 1.97 bits per heavy atom. The molecule has 1 aromatic carbocycles. The standard InChI is InChI=1S/C20H25F3N6O4/c1-26-15(6-7-24)18(31)29-8-9-33-11-14(29)10-27-17(30)13-4-2-12(3-5-13)16(25)28-19(32)20(21,22)23/h2-7,14,16H,8-11,24-25H2,1H3,(H,27,30)(H,28,32)/t14-,16?/m1/s1. The van der Waals surface area contributed by atoms with Crippen LogP contribution >= 0.6 is 0 Å². The summed E-state index contributed by atoms with van der Waals surface area (Å²) in [4.78, 5) is 41.6. The van der Waals surface area contributed by atoms with Crippen molar-refractivity contribution < 1.29 is 32.3 Å². The molecule has 1 saturated heterocycles. The van der Waals surface area contributed by atoms with Crippen LogP contribution in [0.25, 0.3) is 0 Å². The summed E-state index contributed by atoms with van der Waals surface area (Å²) < 4.78 is 42.4. The molecule has 6 N–H and O–H groups in total. The maximum Gasteiger partial charge on any atom is 0.471 e. The zero-order valence-corrected chi connectivity index (χ0v) is 17.8. The van der Waals surface area contributed by atoms with Crippen molar-refractivity contribution in [3.05, 3.63) is 47.7 Å². The number of rotatable bonds is 7. The minimum absolute atomic E-state index is 0.0941. The molecule has 0 spiro atoms. The maximum atomic E-state index is 12.7. The number of hydrogen-bond donors (Lipinski definition) is 4. The molecule has 0 aromatic heterocycles. The summed E-state index contributed by atoms with van der Waals surface area (Å²) in [5.41, 5.74) is 11.5. The van der Waals surface area contributed by atoms with Crippen LogP contribution in [-0.4, -0.2) is 73.9 Å². The fourth-order valence-electron chi connectivity index (χ4n) is 3.03. The fraction of sp³-hybridized carbons (Fsp3) is 0.400. The number of carbonyl (C=O) groups excluding carboxylic acids is 3. The van der Waals surface area contributed by atoms with Crippen LogP contribution in [-0.2, 0) is 14.3 Å². The third kappa shape index (κ3) is 7.02. The smallest absolute Gasteiger partial charge is 0.405 e. The van der Waals surface area contributed by atoms with E-state index in [4.69, 9.17) is 16.2 Å². The van der Waals surface area contributed by atoms with Crippen molar-refractivity contribution in [2.75, 3.05) is 33.4 Å². The average Bonchev–Trinajstić information content (AvgIpc) is 2.80. The van der Waals surface area contributed by atoms with E-state index in [1.807, 2.05) is 0 Å². The van der Waals surface area contributed by atoms with E-state index in [-0.39, 0.29) is 35.9 Å². The largest absolute Gasteiger partial charge is 0.471 e. The Morgan fingerprint density at radius 1 is 1.30 bits per heavy atom. The average molecular weight is 470 g/mol. The van der Waals surface area contributed by atoms with Gasteiger partial charge in [-0.1, -0.05) is 12.1 Å². The lowest BCUT2D eigenvalue weighted by molar-refractivity contribution is -0.174. The quantitative estimate of drug-likeness (QED) is 0.321. The third-order valence-electron chi connectivity index (χ3n) is 4.78. The van der Waals surface area contributed by atoms with Gasteiger partial charge >= 0.3 is 12.1 Å². The second-order valence-corrected chi connectivity index (χ2v) is 6.98. The Labute approximate surface area is 187 Å². The third-order valence-corrected chi connectivity index (χ3v) is 4.78. The second kappa shape index (κ2) is 11.4. The van der Waals surface area contributed by atoms with Crippen LogP contribution < -0.4 is 22.1 Å². The number of morpholine rings is 1. The highest BCUT2D eigenvalue weighted by Gasteiger charge is 2.39. The molecule has 1 aliphatic rings. The lowest BCUT2D eigenvalue weighted by Crippen LogP contribution is -2.55. The molecule has 0 radical (unpaired) electrons. The number of nitrogens with one attached hydrogen (secondary N) is 2. The molecule has 0 aliphatic carbocycles. The van der Waals surface area contributed by atoms with Crippen molar-refractivity contribution in [3.63, 3.8) is 0 Å². The van der Waals surface area contributed by atoms with Gasteiger partial charge in [0.25, 0.3) is 11.8 Å². The van der Waals surface area contributed by atoms with E-state index < -0.39 is 30.2 Å². The highest BCUT2D eigenvalue weighted by atomic mass is 19.4. The summed E-state index contributed by atoms with van der Waals surface area (Å²) >= 11 is 0. The van der Waals surface area contributed by atoms with Crippen LogP contribution in [0.15, 0.2) is 41.5 Å². The minimum atomic E-state index is -5.06. The molecule has 2 atom stereocenters. The van der Waals surface area contributed by atoms with Gasteiger partial charge < -0.3 is 31.7 Å². The molecule has 1 heterocycles. The van der Waals surface area contributed by atoms with E-state index in [0.29, 0.717) is 13.2 Å². The Balaban J connectivity index is 1.99. The summed E-state index contributed by atoms with van der Waals surface area (Å²) in [6.45, 7) is 0.956. The zero-order chi connectivity index (χ0) is 24.6. The SMILES string of the molecule is CN=C(C=CN)C(=O)N1CCOC[C@H]1CNC(=O)c1ccc(C(N)NC(=O)C(F)(F)F)cc1. The molecule has 180 valence electrons. The summed E-state index contributed by atoms with van der Waals surface area (Å²) in [7, 11) is 1.47. The summed E-state index contributed by atoms with van der Waals surface area (Å²) in [5.74, 6) is -2.98. The lowest BCUT2D eigenvalue weighted by atomic mass is 10.1. The van der Waals surface area contributed by atoms with Crippen molar-refractivity contribution in [2.24, 2.45) is 16.5 Å². The summed E-state index contributed by atoms with van der Waals surface area (Å²) in [6.07, 6.45) is -3.86. The van der Waals surface area contributed by atoms with Crippen molar-refractivity contribution >= 4 is 23.4 Å². The Kier molecular flexibility index (Phi) is 8.94. The predicted octanol–water partition coefficient (Wildman–Crippen LogP) is -0.177. The van der Waals surface area contributed by atoms with E-state index in [0.717, 1.165) is 0 Å². The number of halogens is 3. The minimum Gasteiger partial charge on any atom is -0.405 e. The molecule has 1 aromatic rings. The monoisotopic (exact) mass is 470 g/mol. The van der Waals surface area contributed by atoms with Crippen LogP contribution in [0.1, 0.15) is 22.1 Å². The van der Waals surface area contributed by atoms with Crippen LogP contribution in [0.3, 0.4) is 0 Å². The van der Waals surface area contributed by atoms with Crippen molar-refractivity contribution in [2.45, 2.75) is 18.4 Å². The molecule has 13 heteroatoms. The molecule has 3 amide bonds. The molecule has 33 heavy (non-hydrogen) atoms. The lowest BCUT2D eigenvalue weighted by Gasteiger charge is -2.35. The molecule has 1 aliphatic heterocycles. The van der Waals surface area contributed by atoms with E-state index in [9.17, 15) is 27.6 Å². The van der Waals surface area contributed by atoms with E-state index in [1.54, 1.807) is 5.32 Å². The highest BCUT2D eigenvalue weighted by molar-refractivity contribution is 6.43. The normalized spacial score (nSPS) is 18.2. The van der Waals surface area contributed by atoms with Crippen LogP contribution in [0.2, 0.25) is 0 Å². The number of nitrogens with two attached hydrogens (primary N) is 2. The second-order valence-electron chi connectivity index (χ2n) is 6.98. The Hall–Kier alpha value is -3.45. The first-order valence-electron chi connectivity index (χ1n) is 9.83. The van der Waals surface area contributed by atoms with Gasteiger partial charge in [0.15, 0.2) is 0 Å². The number of alkyl halides is 3. The van der Waals surface area contributed by atoms with Crippen LogP contribution in [0.4, 0.5) is 13.2 Å². The number of ether oxygens (including phenoxy) is 1. The molecular weight excluding hydrogens is 445 g/mol. The molecular formula is C20H25F3N6O4. The van der Waals surface area contributed by atoms with Gasteiger partial charge in [0.2, 0.25) is 0 Å². The summed E-state index contributed by atoms with van der Waals surface area (Å²) in [5, 5.41) is 4.33. The van der Waals surface area contributed by atoms with Crippen LogP contribution in [0, 0.1) is 0 Å². The van der Waals surface area contributed by atoms with Gasteiger partial charge in [-0.15, -0.1) is 0 Å². The van der Waals surface area contributed by atoms with Crippen molar-refractivity contribution in [1.29, 1.82) is 0 Å². The number of nitrogens with zero attached hydrogens (tertiary/aromatic N) is 2. The van der Waals surface area contributed by atoms with Crippen molar-refractivity contribution in [3.8, 4) is 0 Å². The van der Waals surface area contributed by atoms with Crippen molar-refractivity contribution in [1.82, 2.24) is 15.5 Å². The van der Waals surface area contributed by atoms with Gasteiger partial charge in [-0.25, -0.2) is 0 Å². The molecule has 0 saturated carbocycles. The number of benzene rings is 1. The molecule has 1 unspecified atom stereocenters. The van der Waals surface area contributed by atoms with Gasteiger partial charge in [-0.3, -0.25) is 19.4 Å². The zero-order valence-electron chi connectivity index (χ0n) is 17.8. The number of amides is 3. The van der Waals surface area contributed by atoms with Gasteiger partial charge in [0, 0.05) is 25.7 Å². The van der Waals surface area contributed by atoms with Gasteiger partial charge in [0.05, 0.1) is 19.3 Å². The number of hydrogen-bond acceptors (Lipinski definition) is 7. The molecule has 1 fully saturated rings. The highest BCUT2D eigenvalue weighted by Crippen LogP contribution is 2.17. The van der Waals surface area contributed by atoms with E-state index >= 15 is 0 Å². The van der Waals surface area contributed by atoms with Gasteiger partial charge in [-0.2, -0.15) is 13.2 Å². The predicted molar refractivity (Wildman–Crippen MR) is 113 cm³/mol. The van der Waals surface area contributed by atoms with Gasteiger partial charge in [0.1, 0.15) is 11.9 Å². The first-order valence-corrected chi connectivity index (χ1v) is 9.83. The maximum absolute atomic E-state index is 12.7. The van der Waals surface area contributed by atoms with E-state index in [2.05, 4.69) is 10.3 Å². The number of carbonyl (C=O) groups is 3. The van der Waals surface area contributed by atoms with Gasteiger partial charge in [-0.05, 0) is 30.0 Å². The topological polar surface area (TPSA) is 152 Å². The first kappa shape index (κ1) is 25.8. The Morgan fingerprint density at radius 3 is 2.55 bits per heavy atom. The molecule has 2 rings (SSSR count). The fourth-order valence-corrected chi connectivity index (χ4v) is 3.03. The Bertz CT molecular complexity index is 917. The summed E-state index contributed by atoms with van der Waals surface area (Å²) in [6, 6.07) is 4.94. The van der Waals surface area contributed by atoms with Crippen LogP contribution in [0.5, 0.6) is 0 Å². The molecule has 10 nitrogen and oxygen atoms in total. The van der Waals surface area contributed by atoms with E-state index in [1.165, 1.54) is 48.5 Å².